The van der Waals surface area contributed by atoms with Crippen LogP contribution in [0.3, 0.4) is 0 Å². The van der Waals surface area contributed by atoms with Crippen molar-refractivity contribution in [3.05, 3.63) is 29.6 Å². The average molecular weight is 223 g/mol. The first kappa shape index (κ1) is 10.1. The fourth-order valence-corrected chi connectivity index (χ4v) is 2.82. The van der Waals surface area contributed by atoms with Gasteiger partial charge in [-0.2, -0.15) is 5.06 Å². The molecule has 1 saturated heterocycles. The summed E-state index contributed by atoms with van der Waals surface area (Å²) in [7, 11) is 0. The number of benzene rings is 1. The van der Waals surface area contributed by atoms with Crippen molar-refractivity contribution in [3.8, 4) is 5.75 Å². The van der Waals surface area contributed by atoms with Crippen molar-refractivity contribution in [1.29, 1.82) is 0 Å². The lowest BCUT2D eigenvalue weighted by Crippen LogP contribution is -2.66. The SMILES string of the molecule is CC1N(O)CC12CCOc1ccc(F)cc12. The second-order valence-electron chi connectivity index (χ2n) is 4.67. The molecule has 0 bridgehead atoms. The molecule has 3 rings (SSSR count). The molecule has 1 aromatic rings. The van der Waals surface area contributed by atoms with E-state index in [1.54, 1.807) is 6.07 Å². The van der Waals surface area contributed by atoms with E-state index in [-0.39, 0.29) is 17.3 Å². The highest BCUT2D eigenvalue weighted by atomic mass is 19.1. The summed E-state index contributed by atoms with van der Waals surface area (Å²) >= 11 is 0. The number of hydroxylamine groups is 2. The first-order valence-electron chi connectivity index (χ1n) is 5.52. The van der Waals surface area contributed by atoms with E-state index in [9.17, 15) is 9.60 Å². The number of halogens is 1. The van der Waals surface area contributed by atoms with Crippen molar-refractivity contribution in [2.24, 2.45) is 0 Å². The second kappa shape index (κ2) is 3.18. The minimum Gasteiger partial charge on any atom is -0.493 e. The number of fused-ring (bicyclic) bond motifs is 2. The Morgan fingerprint density at radius 1 is 1.56 bits per heavy atom. The highest BCUT2D eigenvalue weighted by molar-refractivity contribution is 5.45. The van der Waals surface area contributed by atoms with E-state index in [2.05, 4.69) is 0 Å². The molecule has 0 aliphatic carbocycles. The Labute approximate surface area is 93.4 Å². The van der Waals surface area contributed by atoms with Gasteiger partial charge < -0.3 is 9.94 Å². The van der Waals surface area contributed by atoms with Gasteiger partial charge in [0.05, 0.1) is 6.61 Å². The highest BCUT2D eigenvalue weighted by Crippen LogP contribution is 2.48. The van der Waals surface area contributed by atoms with Crippen LogP contribution < -0.4 is 4.74 Å². The average Bonchev–Trinajstić information content (AvgIpc) is 2.29. The monoisotopic (exact) mass is 223 g/mol. The van der Waals surface area contributed by atoms with E-state index < -0.39 is 0 Å². The van der Waals surface area contributed by atoms with Crippen LogP contribution in [0.4, 0.5) is 4.39 Å². The summed E-state index contributed by atoms with van der Waals surface area (Å²) in [5.41, 5.74) is 0.765. The van der Waals surface area contributed by atoms with Crippen molar-refractivity contribution in [2.45, 2.75) is 24.8 Å². The smallest absolute Gasteiger partial charge is 0.123 e. The van der Waals surface area contributed by atoms with Crippen LogP contribution >= 0.6 is 0 Å². The molecule has 4 heteroatoms. The van der Waals surface area contributed by atoms with Crippen LogP contribution in [0, 0.1) is 5.82 Å². The van der Waals surface area contributed by atoms with Crippen LogP contribution in [-0.4, -0.2) is 29.5 Å². The van der Waals surface area contributed by atoms with Gasteiger partial charge in [0.15, 0.2) is 0 Å². The van der Waals surface area contributed by atoms with Crippen LogP contribution in [0.25, 0.3) is 0 Å². The maximum Gasteiger partial charge on any atom is 0.123 e. The van der Waals surface area contributed by atoms with Gasteiger partial charge in [-0.15, -0.1) is 0 Å². The number of ether oxygens (including phenoxy) is 1. The summed E-state index contributed by atoms with van der Waals surface area (Å²) in [5.74, 6) is 0.514. The highest BCUT2D eigenvalue weighted by Gasteiger charge is 2.53. The Bertz CT molecular complexity index is 437. The lowest BCUT2D eigenvalue weighted by atomic mass is 9.65. The molecular weight excluding hydrogens is 209 g/mol. The van der Waals surface area contributed by atoms with Gasteiger partial charge in [-0.1, -0.05) is 0 Å². The standard InChI is InChI=1S/C12H14FNO2/c1-8-12(7-14(8)15)4-5-16-11-3-2-9(13)6-10(11)12/h2-3,6,8,15H,4-5,7H2,1H3. The normalized spacial score (nSPS) is 33.1. The topological polar surface area (TPSA) is 32.7 Å². The molecule has 86 valence electrons. The molecule has 2 heterocycles. The molecule has 0 amide bonds. The van der Waals surface area contributed by atoms with Gasteiger partial charge in [-0.3, -0.25) is 0 Å². The Morgan fingerprint density at radius 2 is 2.38 bits per heavy atom. The maximum absolute atomic E-state index is 13.3. The Kier molecular flexibility index (Phi) is 2.00. The summed E-state index contributed by atoms with van der Waals surface area (Å²) < 4.78 is 18.8. The summed E-state index contributed by atoms with van der Waals surface area (Å²) in [6.45, 7) is 3.16. The maximum atomic E-state index is 13.3. The third-order valence-corrected chi connectivity index (χ3v) is 3.97. The number of hydrogen-bond donors (Lipinski definition) is 1. The summed E-state index contributed by atoms with van der Waals surface area (Å²) in [6, 6.07) is 4.66. The molecule has 16 heavy (non-hydrogen) atoms. The zero-order valence-corrected chi connectivity index (χ0v) is 9.11. The van der Waals surface area contributed by atoms with Gasteiger partial charge in [0, 0.05) is 23.6 Å². The molecule has 0 saturated carbocycles. The minimum absolute atomic E-state index is 0.0250. The lowest BCUT2D eigenvalue weighted by Gasteiger charge is -2.55. The van der Waals surface area contributed by atoms with Gasteiger partial charge in [0.1, 0.15) is 11.6 Å². The van der Waals surface area contributed by atoms with Crippen LogP contribution in [0.1, 0.15) is 18.9 Å². The molecule has 1 N–H and O–H groups in total. The van der Waals surface area contributed by atoms with E-state index in [1.807, 2.05) is 6.92 Å². The molecule has 0 aromatic heterocycles. The third kappa shape index (κ3) is 1.14. The molecule has 3 nitrogen and oxygen atoms in total. The van der Waals surface area contributed by atoms with E-state index in [0.29, 0.717) is 13.2 Å². The second-order valence-corrected chi connectivity index (χ2v) is 4.67. The molecule has 2 unspecified atom stereocenters. The third-order valence-electron chi connectivity index (χ3n) is 3.97. The molecule has 2 aliphatic rings. The van der Waals surface area contributed by atoms with Gasteiger partial charge in [-0.25, -0.2) is 4.39 Å². The van der Waals surface area contributed by atoms with Gasteiger partial charge in [0.25, 0.3) is 0 Å². The molecule has 1 fully saturated rings. The zero-order valence-electron chi connectivity index (χ0n) is 9.11. The van der Waals surface area contributed by atoms with Gasteiger partial charge >= 0.3 is 0 Å². The summed E-state index contributed by atoms with van der Waals surface area (Å²) in [4.78, 5) is 0. The van der Waals surface area contributed by atoms with Crippen molar-refractivity contribution in [1.82, 2.24) is 5.06 Å². The van der Waals surface area contributed by atoms with Crippen molar-refractivity contribution >= 4 is 0 Å². The molecular formula is C12H14FNO2. The zero-order chi connectivity index (χ0) is 11.3. The van der Waals surface area contributed by atoms with E-state index in [0.717, 1.165) is 17.7 Å². The Hall–Kier alpha value is -1.13. The molecule has 2 atom stereocenters. The predicted molar refractivity (Wildman–Crippen MR) is 56.1 cm³/mol. The molecule has 0 radical (unpaired) electrons. The fourth-order valence-electron chi connectivity index (χ4n) is 2.82. The Morgan fingerprint density at radius 3 is 3.06 bits per heavy atom. The number of rotatable bonds is 0. The van der Waals surface area contributed by atoms with E-state index in [1.165, 1.54) is 17.2 Å². The van der Waals surface area contributed by atoms with Crippen LogP contribution in [0.15, 0.2) is 18.2 Å². The van der Waals surface area contributed by atoms with E-state index in [4.69, 9.17) is 4.74 Å². The first-order chi connectivity index (χ1) is 7.63. The summed E-state index contributed by atoms with van der Waals surface area (Å²) in [6.07, 6.45) is 0.835. The summed E-state index contributed by atoms with van der Waals surface area (Å²) in [5, 5.41) is 10.8. The fraction of sp³-hybridized carbons (Fsp3) is 0.500. The van der Waals surface area contributed by atoms with Crippen LogP contribution in [0.2, 0.25) is 0 Å². The lowest BCUT2D eigenvalue weighted by molar-refractivity contribution is -0.227. The minimum atomic E-state index is -0.243. The van der Waals surface area contributed by atoms with E-state index >= 15 is 0 Å². The Balaban J connectivity index is 2.09. The van der Waals surface area contributed by atoms with Crippen molar-refractivity contribution in [2.75, 3.05) is 13.2 Å². The van der Waals surface area contributed by atoms with Gasteiger partial charge in [-0.05, 0) is 31.5 Å². The quantitative estimate of drug-likeness (QED) is 0.729. The number of hydrogen-bond acceptors (Lipinski definition) is 3. The first-order valence-corrected chi connectivity index (χ1v) is 5.52. The van der Waals surface area contributed by atoms with Crippen molar-refractivity contribution in [3.63, 3.8) is 0 Å². The van der Waals surface area contributed by atoms with Crippen molar-refractivity contribution < 1.29 is 14.3 Å². The number of nitrogens with zero attached hydrogens (tertiary/aromatic N) is 1. The van der Waals surface area contributed by atoms with Crippen LogP contribution in [0.5, 0.6) is 5.75 Å². The molecule has 1 spiro atoms. The predicted octanol–water partition coefficient (Wildman–Crippen LogP) is 1.94. The van der Waals surface area contributed by atoms with Gasteiger partial charge in [0.2, 0.25) is 0 Å². The molecule has 1 aromatic carbocycles. The molecule has 2 aliphatic heterocycles. The largest absolute Gasteiger partial charge is 0.493 e. The van der Waals surface area contributed by atoms with Crippen LogP contribution in [-0.2, 0) is 5.41 Å².